The van der Waals surface area contributed by atoms with Gasteiger partial charge in [-0.1, -0.05) is 0 Å². The molecule has 1 amide bonds. The first-order chi connectivity index (χ1) is 13.1. The van der Waals surface area contributed by atoms with E-state index in [4.69, 9.17) is 9.57 Å². The van der Waals surface area contributed by atoms with Gasteiger partial charge in [-0.2, -0.15) is 0 Å². The first-order valence-electron chi connectivity index (χ1n) is 8.88. The average Bonchev–Trinajstić information content (AvgIpc) is 3.30. The third-order valence-electron chi connectivity index (χ3n) is 4.79. The van der Waals surface area contributed by atoms with E-state index < -0.39 is 6.09 Å². The van der Waals surface area contributed by atoms with E-state index >= 15 is 0 Å². The smallest absolute Gasteiger partial charge is 0.414 e. The molecule has 0 bridgehead atoms. The van der Waals surface area contributed by atoms with Crippen molar-refractivity contribution in [2.75, 3.05) is 49.7 Å². The van der Waals surface area contributed by atoms with Gasteiger partial charge in [0.05, 0.1) is 24.6 Å². The molecule has 2 fully saturated rings. The molecule has 27 heavy (non-hydrogen) atoms. The summed E-state index contributed by atoms with van der Waals surface area (Å²) >= 11 is 0. The molecule has 0 aromatic heterocycles. The number of ether oxygens (including phenoxy) is 1. The normalized spacial score (nSPS) is 25.8. The number of halogens is 1. The van der Waals surface area contributed by atoms with Gasteiger partial charge in [0.25, 0.3) is 0 Å². The maximum Gasteiger partial charge on any atom is 0.414 e. The van der Waals surface area contributed by atoms with Crippen molar-refractivity contribution < 1.29 is 18.8 Å². The quantitative estimate of drug-likeness (QED) is 0.676. The number of nitrogens with one attached hydrogen (secondary N) is 3. The third kappa shape index (κ3) is 3.98. The minimum Gasteiger partial charge on any atom is -0.443 e. The van der Waals surface area contributed by atoms with E-state index in [0.29, 0.717) is 31.1 Å². The van der Waals surface area contributed by atoms with Crippen LogP contribution in [-0.2, 0) is 9.57 Å². The van der Waals surface area contributed by atoms with E-state index in [9.17, 15) is 9.18 Å². The molecule has 4 rings (SSSR count). The molecule has 3 aliphatic rings. The lowest BCUT2D eigenvalue weighted by Gasteiger charge is -2.35. The molecule has 0 radical (unpaired) electrons. The summed E-state index contributed by atoms with van der Waals surface area (Å²) in [5.74, 6) is -0.356. The molecule has 0 aliphatic carbocycles. The average molecular weight is 378 g/mol. The van der Waals surface area contributed by atoms with Crippen LogP contribution in [0.4, 0.5) is 20.6 Å². The summed E-state index contributed by atoms with van der Waals surface area (Å²) in [5.41, 5.74) is 6.91. The fraction of sp³-hybridized carbons (Fsp3) is 0.471. The lowest BCUT2D eigenvalue weighted by Crippen LogP contribution is -2.52. The predicted octanol–water partition coefficient (Wildman–Crippen LogP) is 0.329. The molecule has 1 aromatic rings. The summed E-state index contributed by atoms with van der Waals surface area (Å²) in [5, 5.41) is 5.14. The van der Waals surface area contributed by atoms with Crippen LogP contribution in [0.25, 0.3) is 0 Å². The number of cyclic esters (lactones) is 1. The van der Waals surface area contributed by atoms with Crippen LogP contribution in [-0.4, -0.2) is 63.3 Å². The number of carbonyl (C=O) groups is 1. The number of benzene rings is 1. The summed E-state index contributed by atoms with van der Waals surface area (Å²) in [7, 11) is 1.95. The van der Waals surface area contributed by atoms with Crippen molar-refractivity contribution in [3.05, 3.63) is 36.4 Å². The highest BCUT2D eigenvalue weighted by Gasteiger charge is 2.33. The predicted molar refractivity (Wildman–Crippen MR) is 97.1 cm³/mol. The summed E-state index contributed by atoms with van der Waals surface area (Å²) in [6.07, 6.45) is 2.45. The van der Waals surface area contributed by atoms with Gasteiger partial charge >= 0.3 is 6.09 Å². The highest BCUT2D eigenvalue weighted by molar-refractivity contribution is 5.90. The summed E-state index contributed by atoms with van der Waals surface area (Å²) in [4.78, 5) is 20.5. The first kappa shape index (κ1) is 18.0. The summed E-state index contributed by atoms with van der Waals surface area (Å²) < 4.78 is 20.0. The van der Waals surface area contributed by atoms with Crippen molar-refractivity contribution in [3.8, 4) is 0 Å². The Kier molecular flexibility index (Phi) is 5.12. The van der Waals surface area contributed by atoms with Crippen LogP contribution in [0.15, 0.2) is 30.5 Å². The number of hydroxylamine groups is 1. The van der Waals surface area contributed by atoms with Crippen molar-refractivity contribution in [1.29, 1.82) is 0 Å². The van der Waals surface area contributed by atoms with Crippen molar-refractivity contribution in [2.45, 2.75) is 12.3 Å². The zero-order valence-corrected chi connectivity index (χ0v) is 15.0. The standard InChI is InChI=1S/C17H23FN6O3/c1-22-5-6-23(11-20-22)15-3-2-12(8-14(15)18)24-10-13(27-17(24)25)9-19-16-4-7-26-21-16/h2-4,7-8,13,16,19-21H,5-6,9-11H2,1H3/t13-,16?/m0/s1. The number of carbonyl (C=O) groups excluding carboxylic acids is 1. The van der Waals surface area contributed by atoms with Crippen LogP contribution in [0.1, 0.15) is 0 Å². The fourth-order valence-electron chi connectivity index (χ4n) is 3.24. The Hall–Kier alpha value is -2.40. The number of hydrogen-bond acceptors (Lipinski definition) is 8. The molecule has 2 saturated heterocycles. The number of hydrazine groups is 1. The van der Waals surface area contributed by atoms with E-state index in [2.05, 4.69) is 16.2 Å². The van der Waals surface area contributed by atoms with Crippen LogP contribution >= 0.6 is 0 Å². The lowest BCUT2D eigenvalue weighted by molar-refractivity contribution is 0.114. The second-order valence-electron chi connectivity index (χ2n) is 6.70. The van der Waals surface area contributed by atoms with E-state index in [1.54, 1.807) is 18.4 Å². The van der Waals surface area contributed by atoms with Gasteiger partial charge in [-0.15, -0.1) is 5.48 Å². The largest absolute Gasteiger partial charge is 0.443 e. The van der Waals surface area contributed by atoms with Gasteiger partial charge in [0, 0.05) is 26.7 Å². The second-order valence-corrected chi connectivity index (χ2v) is 6.70. The summed E-state index contributed by atoms with van der Waals surface area (Å²) in [6.45, 7) is 2.88. The molecule has 0 saturated carbocycles. The van der Waals surface area contributed by atoms with E-state index in [-0.39, 0.29) is 18.1 Å². The highest BCUT2D eigenvalue weighted by Crippen LogP contribution is 2.28. The molecule has 1 aromatic carbocycles. The van der Waals surface area contributed by atoms with E-state index in [1.165, 1.54) is 11.0 Å². The monoisotopic (exact) mass is 378 g/mol. The van der Waals surface area contributed by atoms with Gasteiger partial charge in [-0.3, -0.25) is 10.2 Å². The van der Waals surface area contributed by atoms with Crippen molar-refractivity contribution in [3.63, 3.8) is 0 Å². The van der Waals surface area contributed by atoms with Crippen LogP contribution in [0.3, 0.4) is 0 Å². The zero-order chi connectivity index (χ0) is 18.8. The third-order valence-corrected chi connectivity index (χ3v) is 4.79. The Morgan fingerprint density at radius 1 is 1.37 bits per heavy atom. The Labute approximate surface area is 156 Å². The number of anilines is 2. The molecule has 2 atom stereocenters. The molecular formula is C17H23FN6O3. The molecule has 3 N–H and O–H groups in total. The van der Waals surface area contributed by atoms with Crippen molar-refractivity contribution >= 4 is 17.5 Å². The number of amides is 1. The molecular weight excluding hydrogens is 355 g/mol. The topological polar surface area (TPSA) is 81.3 Å². The highest BCUT2D eigenvalue weighted by atomic mass is 19.1. The van der Waals surface area contributed by atoms with Crippen molar-refractivity contribution in [1.82, 2.24) is 21.2 Å². The molecule has 146 valence electrons. The molecule has 9 nitrogen and oxygen atoms in total. The lowest BCUT2D eigenvalue weighted by atomic mass is 10.2. The molecule has 3 aliphatic heterocycles. The van der Waals surface area contributed by atoms with Crippen LogP contribution in [0, 0.1) is 5.82 Å². The van der Waals surface area contributed by atoms with Crippen LogP contribution in [0.2, 0.25) is 0 Å². The molecule has 0 spiro atoms. The Morgan fingerprint density at radius 2 is 2.26 bits per heavy atom. The number of rotatable bonds is 5. The summed E-state index contributed by atoms with van der Waals surface area (Å²) in [6, 6.07) is 4.85. The van der Waals surface area contributed by atoms with Gasteiger partial charge in [0.2, 0.25) is 0 Å². The van der Waals surface area contributed by atoms with Crippen LogP contribution in [0.5, 0.6) is 0 Å². The Balaban J connectivity index is 1.38. The first-order valence-corrected chi connectivity index (χ1v) is 8.88. The zero-order valence-electron chi connectivity index (χ0n) is 15.0. The van der Waals surface area contributed by atoms with Gasteiger partial charge in [0.15, 0.2) is 0 Å². The minimum absolute atomic E-state index is 0.119. The number of hydrogen-bond donors (Lipinski definition) is 3. The van der Waals surface area contributed by atoms with Gasteiger partial charge < -0.3 is 14.5 Å². The van der Waals surface area contributed by atoms with Crippen molar-refractivity contribution in [2.24, 2.45) is 0 Å². The SMILES string of the molecule is CN1CCN(c2ccc(N3C[C@H](CNC4C=CON4)OC3=O)cc2F)CN1. The van der Waals surface area contributed by atoms with Gasteiger partial charge in [0.1, 0.15) is 24.3 Å². The Bertz CT molecular complexity index is 725. The van der Waals surface area contributed by atoms with E-state index in [0.717, 1.165) is 13.1 Å². The molecule has 10 heteroatoms. The second kappa shape index (κ2) is 7.69. The van der Waals surface area contributed by atoms with Gasteiger partial charge in [-0.05, 0) is 24.3 Å². The fourth-order valence-corrected chi connectivity index (χ4v) is 3.24. The molecule has 1 unspecified atom stereocenters. The van der Waals surface area contributed by atoms with E-state index in [1.807, 2.05) is 23.0 Å². The number of nitrogens with zero attached hydrogens (tertiary/aromatic N) is 3. The maximum absolute atomic E-state index is 14.7. The molecule has 3 heterocycles. The Morgan fingerprint density at radius 3 is 2.96 bits per heavy atom. The number of likely N-dealkylation sites (N-methyl/N-ethyl adjacent to an activating group) is 1. The van der Waals surface area contributed by atoms with Crippen LogP contribution < -0.4 is 26.0 Å². The maximum atomic E-state index is 14.7. The minimum atomic E-state index is -0.471. The van der Waals surface area contributed by atoms with Gasteiger partial charge in [-0.25, -0.2) is 19.6 Å².